The van der Waals surface area contributed by atoms with Crippen LogP contribution in [0.15, 0.2) is 61.7 Å². The Balaban J connectivity index is 0.000000146. The largest absolute Gasteiger partial charge is 0.265 e. The van der Waals surface area contributed by atoms with Crippen LogP contribution in [-0.4, -0.2) is 9.97 Å². The molecule has 0 aromatic carbocycles. The fraction of sp³-hybridized carbons (Fsp3) is 0. The topological polar surface area (TPSA) is 25.8 Å². The summed E-state index contributed by atoms with van der Waals surface area (Å²) in [6.45, 7) is 3.60. The van der Waals surface area contributed by atoms with Crippen molar-refractivity contribution in [2.75, 3.05) is 0 Å². The van der Waals surface area contributed by atoms with E-state index in [0.29, 0.717) is 0 Å². The highest BCUT2D eigenvalue weighted by atomic mass is 14.6. The van der Waals surface area contributed by atoms with Crippen LogP contribution in [0, 0.1) is 0 Å². The van der Waals surface area contributed by atoms with Crippen LogP contribution in [0.4, 0.5) is 0 Å². The summed E-state index contributed by atoms with van der Waals surface area (Å²) in [5, 5.41) is 0. The van der Waals surface area contributed by atoms with Gasteiger partial charge in [-0.05, 0) is 29.8 Å². The molecule has 0 aliphatic heterocycles. The van der Waals surface area contributed by atoms with Gasteiger partial charge in [-0.25, -0.2) is 0 Å². The minimum Gasteiger partial charge on any atom is -0.265 e. The normalized spacial score (nSPS) is 8.29. The first kappa shape index (κ1) is 10.1. The van der Waals surface area contributed by atoms with Gasteiger partial charge in [0, 0.05) is 24.8 Å². The van der Waals surface area contributed by atoms with Gasteiger partial charge in [0.2, 0.25) is 0 Å². The molecule has 70 valence electrons. The molecule has 0 atom stereocenters. The molecule has 2 heteroatoms. The molecule has 0 aliphatic rings. The molecule has 2 aromatic heterocycles. The lowest BCUT2D eigenvalue weighted by molar-refractivity contribution is 1.32. The smallest absolute Gasteiger partial charge is 0.0273 e. The van der Waals surface area contributed by atoms with Gasteiger partial charge in [0.1, 0.15) is 0 Å². The van der Waals surface area contributed by atoms with Crippen molar-refractivity contribution in [1.82, 2.24) is 9.97 Å². The minimum absolute atomic E-state index is 1.11. The van der Waals surface area contributed by atoms with Gasteiger partial charge in [0.15, 0.2) is 0 Å². The van der Waals surface area contributed by atoms with E-state index in [9.17, 15) is 0 Å². The minimum atomic E-state index is 1.11. The Morgan fingerprint density at radius 3 is 1.71 bits per heavy atom. The number of hydrogen-bond donors (Lipinski definition) is 0. The zero-order valence-corrected chi connectivity index (χ0v) is 7.88. The van der Waals surface area contributed by atoms with E-state index < -0.39 is 0 Å². The highest BCUT2D eigenvalue weighted by Crippen LogP contribution is 1.94. The van der Waals surface area contributed by atoms with Gasteiger partial charge in [-0.1, -0.05) is 18.7 Å². The molecule has 0 radical (unpaired) electrons. The summed E-state index contributed by atoms with van der Waals surface area (Å²) in [6, 6.07) is 9.53. The van der Waals surface area contributed by atoms with Gasteiger partial charge in [0.05, 0.1) is 0 Å². The zero-order valence-electron chi connectivity index (χ0n) is 7.88. The molecule has 0 N–H and O–H groups in total. The molecule has 0 amide bonds. The second kappa shape index (κ2) is 6.54. The van der Waals surface area contributed by atoms with Crippen molar-refractivity contribution in [2.45, 2.75) is 0 Å². The van der Waals surface area contributed by atoms with Crippen molar-refractivity contribution in [3.05, 3.63) is 67.3 Å². The molecule has 14 heavy (non-hydrogen) atoms. The molecule has 0 unspecified atom stereocenters. The zero-order chi connectivity index (χ0) is 10.1. The third kappa shape index (κ3) is 4.16. The standard InChI is InChI=1S/C7H7N.C5H5N/c1-2-7-3-5-8-6-4-7;1-2-4-6-5-3-1/h2-6H,1H2;1-5H. The fourth-order valence-electron chi connectivity index (χ4n) is 0.812. The molecule has 2 heterocycles. The molecule has 0 saturated heterocycles. The second-order valence-electron chi connectivity index (χ2n) is 2.51. The quantitative estimate of drug-likeness (QED) is 0.681. The molecule has 0 spiro atoms. The summed E-state index contributed by atoms with van der Waals surface area (Å²) in [5.74, 6) is 0. The summed E-state index contributed by atoms with van der Waals surface area (Å²) >= 11 is 0. The maximum Gasteiger partial charge on any atom is 0.0273 e. The van der Waals surface area contributed by atoms with Gasteiger partial charge in [0.25, 0.3) is 0 Å². The van der Waals surface area contributed by atoms with Crippen LogP contribution < -0.4 is 0 Å². The Kier molecular flexibility index (Phi) is 4.73. The first-order chi connectivity index (χ1) is 6.93. The predicted molar refractivity (Wildman–Crippen MR) is 58.6 cm³/mol. The van der Waals surface area contributed by atoms with Gasteiger partial charge in [-0.15, -0.1) is 0 Å². The summed E-state index contributed by atoms with van der Waals surface area (Å²) in [4.78, 5) is 7.63. The van der Waals surface area contributed by atoms with E-state index in [1.54, 1.807) is 30.9 Å². The van der Waals surface area contributed by atoms with Gasteiger partial charge in [-0.3, -0.25) is 9.97 Å². The average molecular weight is 184 g/mol. The number of nitrogens with zero attached hydrogens (tertiary/aromatic N) is 2. The van der Waals surface area contributed by atoms with Crippen molar-refractivity contribution >= 4 is 6.08 Å². The predicted octanol–water partition coefficient (Wildman–Crippen LogP) is 2.81. The highest BCUT2D eigenvalue weighted by Gasteiger charge is 1.76. The molecule has 2 rings (SSSR count). The molecular weight excluding hydrogens is 172 g/mol. The van der Waals surface area contributed by atoms with E-state index in [1.165, 1.54) is 0 Å². The molecule has 0 aliphatic carbocycles. The molecule has 0 fully saturated rings. The Hall–Kier alpha value is -1.96. The van der Waals surface area contributed by atoms with E-state index in [2.05, 4.69) is 16.5 Å². The molecule has 2 aromatic rings. The van der Waals surface area contributed by atoms with Crippen LogP contribution >= 0.6 is 0 Å². The molecule has 0 saturated carbocycles. The number of pyridine rings is 2. The maximum atomic E-state index is 3.85. The Bertz CT molecular complexity index is 317. The van der Waals surface area contributed by atoms with Gasteiger partial charge in [-0.2, -0.15) is 0 Å². The first-order valence-corrected chi connectivity index (χ1v) is 4.31. The van der Waals surface area contributed by atoms with Crippen molar-refractivity contribution in [3.63, 3.8) is 0 Å². The Morgan fingerprint density at radius 1 is 0.857 bits per heavy atom. The number of hydrogen-bond acceptors (Lipinski definition) is 2. The SMILES string of the molecule is C=Cc1ccncc1.c1ccncc1. The van der Waals surface area contributed by atoms with Crippen molar-refractivity contribution in [3.8, 4) is 0 Å². The van der Waals surface area contributed by atoms with Crippen molar-refractivity contribution in [1.29, 1.82) is 0 Å². The van der Waals surface area contributed by atoms with Crippen LogP contribution in [-0.2, 0) is 0 Å². The van der Waals surface area contributed by atoms with Crippen molar-refractivity contribution < 1.29 is 0 Å². The second-order valence-corrected chi connectivity index (χ2v) is 2.51. The summed E-state index contributed by atoms with van der Waals surface area (Å²) in [5.41, 5.74) is 1.11. The Labute approximate surface area is 84.0 Å². The monoisotopic (exact) mass is 184 g/mol. The summed E-state index contributed by atoms with van der Waals surface area (Å²) in [7, 11) is 0. The Morgan fingerprint density at radius 2 is 1.43 bits per heavy atom. The average Bonchev–Trinajstić information content (AvgIpc) is 2.33. The van der Waals surface area contributed by atoms with Gasteiger partial charge < -0.3 is 0 Å². The summed E-state index contributed by atoms with van der Waals surface area (Å²) in [6.07, 6.45) is 8.79. The van der Waals surface area contributed by atoms with E-state index in [0.717, 1.165) is 5.56 Å². The van der Waals surface area contributed by atoms with Crippen LogP contribution in [0.25, 0.3) is 6.08 Å². The fourth-order valence-corrected chi connectivity index (χ4v) is 0.812. The van der Waals surface area contributed by atoms with Crippen LogP contribution in [0.3, 0.4) is 0 Å². The van der Waals surface area contributed by atoms with Crippen LogP contribution in [0.5, 0.6) is 0 Å². The molecule has 2 nitrogen and oxygen atoms in total. The van der Waals surface area contributed by atoms with E-state index in [4.69, 9.17) is 0 Å². The lowest BCUT2D eigenvalue weighted by Crippen LogP contribution is -1.69. The van der Waals surface area contributed by atoms with Crippen LogP contribution in [0.1, 0.15) is 5.56 Å². The third-order valence-corrected chi connectivity index (χ3v) is 1.51. The van der Waals surface area contributed by atoms with E-state index in [-0.39, 0.29) is 0 Å². The highest BCUT2D eigenvalue weighted by molar-refractivity contribution is 5.44. The summed E-state index contributed by atoms with van der Waals surface area (Å²) < 4.78 is 0. The van der Waals surface area contributed by atoms with Crippen LogP contribution in [0.2, 0.25) is 0 Å². The third-order valence-electron chi connectivity index (χ3n) is 1.51. The van der Waals surface area contributed by atoms with Gasteiger partial charge >= 0.3 is 0 Å². The first-order valence-electron chi connectivity index (χ1n) is 4.31. The number of aromatic nitrogens is 2. The van der Waals surface area contributed by atoms with E-state index in [1.807, 2.05) is 30.3 Å². The number of rotatable bonds is 1. The molecular formula is C12H12N2. The maximum absolute atomic E-state index is 3.85. The molecule has 0 bridgehead atoms. The van der Waals surface area contributed by atoms with E-state index >= 15 is 0 Å². The lowest BCUT2D eigenvalue weighted by atomic mass is 10.3. The lowest BCUT2D eigenvalue weighted by Gasteiger charge is -1.84. The van der Waals surface area contributed by atoms with Crippen molar-refractivity contribution in [2.24, 2.45) is 0 Å².